The predicted molar refractivity (Wildman–Crippen MR) is 73.5 cm³/mol. The molecular formula is C14H21N3O. The quantitative estimate of drug-likeness (QED) is 0.841. The van der Waals surface area contributed by atoms with Gasteiger partial charge in [-0.2, -0.15) is 0 Å². The topological polar surface area (TPSA) is 58.4 Å². The lowest BCUT2D eigenvalue weighted by molar-refractivity contribution is -0.117. The first-order valence-corrected chi connectivity index (χ1v) is 6.46. The minimum atomic E-state index is -0.285. The highest BCUT2D eigenvalue weighted by atomic mass is 16.1. The Hall–Kier alpha value is -1.55. The zero-order chi connectivity index (χ0) is 13.0. The molecule has 0 spiro atoms. The van der Waals surface area contributed by atoms with Gasteiger partial charge in [0, 0.05) is 11.7 Å². The van der Waals surface area contributed by atoms with Crippen LogP contribution in [0.15, 0.2) is 24.3 Å². The third-order valence-electron chi connectivity index (χ3n) is 3.46. The second-order valence-electron chi connectivity index (χ2n) is 5.02. The Balaban J connectivity index is 2.02. The van der Waals surface area contributed by atoms with Crippen molar-refractivity contribution in [3.05, 3.63) is 29.8 Å². The molecule has 2 rings (SSSR count). The van der Waals surface area contributed by atoms with Crippen LogP contribution in [0.4, 0.5) is 5.69 Å². The average Bonchev–Trinajstić information content (AvgIpc) is 2.34. The fourth-order valence-electron chi connectivity index (χ4n) is 2.38. The number of rotatable bonds is 4. The van der Waals surface area contributed by atoms with Crippen molar-refractivity contribution in [3.8, 4) is 0 Å². The van der Waals surface area contributed by atoms with Gasteiger partial charge in [-0.05, 0) is 44.6 Å². The molecule has 0 bridgehead atoms. The molecule has 1 aromatic rings. The molecule has 0 atom stereocenters. The van der Waals surface area contributed by atoms with Crippen LogP contribution in [0.25, 0.3) is 0 Å². The van der Waals surface area contributed by atoms with E-state index >= 15 is 0 Å². The van der Waals surface area contributed by atoms with Crippen LogP contribution in [-0.2, 0) is 11.2 Å². The van der Waals surface area contributed by atoms with Gasteiger partial charge in [0.2, 0.25) is 5.91 Å². The number of likely N-dealkylation sites (tertiary alicyclic amines) is 1. The van der Waals surface area contributed by atoms with Crippen molar-refractivity contribution >= 4 is 11.6 Å². The third-order valence-corrected chi connectivity index (χ3v) is 3.46. The van der Waals surface area contributed by atoms with Gasteiger partial charge in [0.15, 0.2) is 0 Å². The van der Waals surface area contributed by atoms with E-state index in [0.29, 0.717) is 12.5 Å². The molecule has 0 radical (unpaired) electrons. The Kier molecular flexibility index (Phi) is 4.20. The third kappa shape index (κ3) is 3.47. The number of para-hydroxylation sites is 1. The van der Waals surface area contributed by atoms with Crippen molar-refractivity contribution in [2.24, 2.45) is 5.73 Å². The summed E-state index contributed by atoms with van der Waals surface area (Å²) in [6, 6.07) is 8.41. The van der Waals surface area contributed by atoms with Gasteiger partial charge in [0.25, 0.3) is 0 Å². The Labute approximate surface area is 108 Å². The van der Waals surface area contributed by atoms with E-state index in [2.05, 4.69) is 17.3 Å². The van der Waals surface area contributed by atoms with E-state index in [4.69, 9.17) is 5.73 Å². The fourth-order valence-corrected chi connectivity index (χ4v) is 2.38. The number of hydrogen-bond donors (Lipinski definition) is 2. The molecule has 0 unspecified atom stereocenters. The molecule has 0 aromatic heterocycles. The van der Waals surface area contributed by atoms with Crippen LogP contribution < -0.4 is 11.1 Å². The number of nitrogens with two attached hydrogens (primary N) is 1. The Bertz CT molecular complexity index is 411. The van der Waals surface area contributed by atoms with Crippen LogP contribution in [0.3, 0.4) is 0 Å². The summed E-state index contributed by atoms with van der Waals surface area (Å²) in [6.45, 7) is 2.24. The van der Waals surface area contributed by atoms with Gasteiger partial charge >= 0.3 is 0 Å². The van der Waals surface area contributed by atoms with E-state index in [-0.39, 0.29) is 5.91 Å². The molecule has 1 fully saturated rings. The zero-order valence-corrected chi connectivity index (χ0v) is 10.9. The van der Waals surface area contributed by atoms with Crippen molar-refractivity contribution < 1.29 is 4.79 Å². The largest absolute Gasteiger partial charge is 0.382 e. The summed E-state index contributed by atoms with van der Waals surface area (Å²) in [7, 11) is 2.15. The Morgan fingerprint density at radius 2 is 2.06 bits per heavy atom. The maximum absolute atomic E-state index is 11.0. The molecular weight excluding hydrogens is 226 g/mol. The zero-order valence-electron chi connectivity index (χ0n) is 10.9. The fraction of sp³-hybridized carbons (Fsp3) is 0.500. The van der Waals surface area contributed by atoms with Crippen molar-refractivity contribution in [1.82, 2.24) is 4.90 Å². The van der Waals surface area contributed by atoms with E-state index < -0.39 is 0 Å². The number of hydrogen-bond acceptors (Lipinski definition) is 3. The maximum atomic E-state index is 11.0. The molecule has 18 heavy (non-hydrogen) atoms. The lowest BCUT2D eigenvalue weighted by Crippen LogP contribution is -2.37. The molecule has 3 N–H and O–H groups in total. The summed E-state index contributed by atoms with van der Waals surface area (Å²) < 4.78 is 0. The Morgan fingerprint density at radius 1 is 1.39 bits per heavy atom. The molecule has 0 aliphatic carbocycles. The van der Waals surface area contributed by atoms with Gasteiger partial charge in [0.05, 0.1) is 6.42 Å². The molecule has 1 aromatic carbocycles. The number of piperidine rings is 1. The summed E-state index contributed by atoms with van der Waals surface area (Å²) in [5.74, 6) is -0.285. The minimum absolute atomic E-state index is 0.285. The van der Waals surface area contributed by atoms with Gasteiger partial charge in [-0.25, -0.2) is 0 Å². The number of benzene rings is 1. The summed E-state index contributed by atoms with van der Waals surface area (Å²) in [6.07, 6.45) is 2.58. The smallest absolute Gasteiger partial charge is 0.221 e. The van der Waals surface area contributed by atoms with Gasteiger partial charge < -0.3 is 16.0 Å². The van der Waals surface area contributed by atoms with Crippen molar-refractivity contribution in [1.29, 1.82) is 0 Å². The highest BCUT2D eigenvalue weighted by Crippen LogP contribution is 2.20. The van der Waals surface area contributed by atoms with Gasteiger partial charge in [-0.3, -0.25) is 4.79 Å². The molecule has 1 saturated heterocycles. The highest BCUT2D eigenvalue weighted by Gasteiger charge is 2.17. The highest BCUT2D eigenvalue weighted by molar-refractivity contribution is 5.78. The standard InChI is InChI=1S/C14H21N3O/c1-17-8-6-12(7-9-17)16-13-5-3-2-4-11(13)10-14(15)18/h2-5,12,16H,6-10H2,1H3,(H2,15,18). The number of carbonyl (C=O) groups is 1. The molecule has 4 heteroatoms. The molecule has 4 nitrogen and oxygen atoms in total. The molecule has 1 amide bonds. The maximum Gasteiger partial charge on any atom is 0.221 e. The lowest BCUT2D eigenvalue weighted by Gasteiger charge is -2.30. The van der Waals surface area contributed by atoms with E-state index in [1.54, 1.807) is 0 Å². The van der Waals surface area contributed by atoms with E-state index in [9.17, 15) is 4.79 Å². The molecule has 0 saturated carbocycles. The van der Waals surface area contributed by atoms with E-state index in [1.807, 2.05) is 24.3 Å². The van der Waals surface area contributed by atoms with E-state index in [1.165, 1.54) is 0 Å². The van der Waals surface area contributed by atoms with Crippen LogP contribution in [0.1, 0.15) is 18.4 Å². The summed E-state index contributed by atoms with van der Waals surface area (Å²) in [5, 5.41) is 3.54. The normalized spacial score (nSPS) is 17.6. The number of anilines is 1. The monoisotopic (exact) mass is 247 g/mol. The molecule has 1 heterocycles. The second-order valence-corrected chi connectivity index (χ2v) is 5.02. The van der Waals surface area contributed by atoms with Crippen LogP contribution in [-0.4, -0.2) is 37.0 Å². The van der Waals surface area contributed by atoms with E-state index in [0.717, 1.165) is 37.2 Å². The van der Waals surface area contributed by atoms with Crippen LogP contribution in [0.2, 0.25) is 0 Å². The average molecular weight is 247 g/mol. The minimum Gasteiger partial charge on any atom is -0.382 e. The summed E-state index contributed by atoms with van der Waals surface area (Å²) in [5.41, 5.74) is 7.31. The van der Waals surface area contributed by atoms with Crippen LogP contribution >= 0.6 is 0 Å². The van der Waals surface area contributed by atoms with Gasteiger partial charge in [-0.15, -0.1) is 0 Å². The number of nitrogens with zero attached hydrogens (tertiary/aromatic N) is 1. The van der Waals surface area contributed by atoms with Gasteiger partial charge in [-0.1, -0.05) is 18.2 Å². The second kappa shape index (κ2) is 5.87. The lowest BCUT2D eigenvalue weighted by atomic mass is 10.0. The SMILES string of the molecule is CN1CCC(Nc2ccccc2CC(N)=O)CC1. The van der Waals surface area contributed by atoms with Crippen molar-refractivity contribution in [2.75, 3.05) is 25.5 Å². The van der Waals surface area contributed by atoms with Crippen LogP contribution in [0.5, 0.6) is 0 Å². The first-order valence-electron chi connectivity index (χ1n) is 6.46. The first-order chi connectivity index (χ1) is 8.65. The number of carbonyl (C=O) groups excluding carboxylic acids is 1. The predicted octanol–water partition coefficient (Wildman–Crippen LogP) is 1.22. The summed E-state index contributed by atoms with van der Waals surface area (Å²) >= 11 is 0. The van der Waals surface area contributed by atoms with Crippen molar-refractivity contribution in [3.63, 3.8) is 0 Å². The van der Waals surface area contributed by atoms with Crippen LogP contribution in [0, 0.1) is 0 Å². The summed E-state index contributed by atoms with van der Waals surface area (Å²) in [4.78, 5) is 13.4. The number of amides is 1. The van der Waals surface area contributed by atoms with Crippen molar-refractivity contribution in [2.45, 2.75) is 25.3 Å². The molecule has 98 valence electrons. The van der Waals surface area contributed by atoms with Gasteiger partial charge in [0.1, 0.15) is 0 Å². The molecule has 1 aliphatic heterocycles. The number of primary amides is 1. The number of nitrogens with one attached hydrogen (secondary N) is 1. The first kappa shape index (κ1) is 12.9. The molecule has 1 aliphatic rings. The Morgan fingerprint density at radius 3 is 2.72 bits per heavy atom.